The molecule has 0 aromatic heterocycles. The molecule has 4 rings (SSSR count). The molecule has 0 spiro atoms. The third kappa shape index (κ3) is 6.92. The zero-order valence-electron chi connectivity index (χ0n) is 20.7. The van der Waals surface area contributed by atoms with Crippen LogP contribution in [0.4, 0.5) is 5.69 Å². The molecule has 38 heavy (non-hydrogen) atoms. The van der Waals surface area contributed by atoms with Gasteiger partial charge in [-0.25, -0.2) is 18.6 Å². The molecule has 0 heterocycles. The lowest BCUT2D eigenvalue weighted by molar-refractivity contribution is 0.0734. The molecule has 0 saturated carbocycles. The van der Waals surface area contributed by atoms with Crippen molar-refractivity contribution in [2.75, 3.05) is 4.72 Å². The van der Waals surface area contributed by atoms with Gasteiger partial charge in [0.05, 0.1) is 16.7 Å². The molecule has 2 N–H and O–H groups in total. The van der Waals surface area contributed by atoms with Crippen LogP contribution in [0.3, 0.4) is 0 Å². The lowest BCUT2D eigenvalue weighted by atomic mass is 10.1. The first-order valence-corrected chi connectivity index (χ1v) is 13.1. The van der Waals surface area contributed by atoms with Gasteiger partial charge < -0.3 is 4.74 Å². The smallest absolute Gasteiger partial charge is 0.343 e. The lowest BCUT2D eigenvalue weighted by Gasteiger charge is -2.09. The fraction of sp³-hybridized carbons (Fsp3) is 0.0690. The van der Waals surface area contributed by atoms with Crippen LogP contribution in [0.5, 0.6) is 5.75 Å². The van der Waals surface area contributed by atoms with E-state index in [2.05, 4.69) is 15.2 Å². The zero-order valence-corrected chi connectivity index (χ0v) is 21.5. The molecule has 0 bridgehead atoms. The Morgan fingerprint density at radius 3 is 1.89 bits per heavy atom. The number of carbonyl (C=O) groups is 2. The van der Waals surface area contributed by atoms with E-state index in [1.807, 2.05) is 26.0 Å². The molecule has 4 aromatic rings. The predicted octanol–water partition coefficient (Wildman–Crippen LogP) is 5.09. The Kier molecular flexibility index (Phi) is 7.98. The number of sulfonamides is 1. The Labute approximate surface area is 221 Å². The Hall–Kier alpha value is -4.76. The van der Waals surface area contributed by atoms with E-state index in [0.29, 0.717) is 28.1 Å². The van der Waals surface area contributed by atoms with Gasteiger partial charge in [-0.05, 0) is 92.2 Å². The van der Waals surface area contributed by atoms with Gasteiger partial charge >= 0.3 is 5.97 Å². The van der Waals surface area contributed by atoms with Crippen LogP contribution in [0, 0.1) is 13.8 Å². The average molecular weight is 528 g/mol. The van der Waals surface area contributed by atoms with Gasteiger partial charge in [0.2, 0.25) is 0 Å². The topological polar surface area (TPSA) is 114 Å². The van der Waals surface area contributed by atoms with Crippen molar-refractivity contribution in [1.29, 1.82) is 0 Å². The van der Waals surface area contributed by atoms with E-state index in [1.165, 1.54) is 42.6 Å². The van der Waals surface area contributed by atoms with Crippen molar-refractivity contribution in [3.8, 4) is 5.75 Å². The number of hydrazone groups is 1. The van der Waals surface area contributed by atoms with Crippen LogP contribution in [-0.4, -0.2) is 26.5 Å². The Bertz CT molecular complexity index is 1560. The average Bonchev–Trinajstić information content (AvgIpc) is 2.90. The second kappa shape index (κ2) is 11.5. The highest BCUT2D eigenvalue weighted by Gasteiger charge is 2.14. The van der Waals surface area contributed by atoms with Crippen molar-refractivity contribution in [1.82, 2.24) is 5.43 Å². The molecular formula is C29H25N3O5S. The number of hydrogen-bond donors (Lipinski definition) is 2. The molecular weight excluding hydrogens is 502 g/mol. The highest BCUT2D eigenvalue weighted by atomic mass is 32.2. The highest BCUT2D eigenvalue weighted by molar-refractivity contribution is 7.92. The van der Waals surface area contributed by atoms with E-state index in [1.54, 1.807) is 48.5 Å². The van der Waals surface area contributed by atoms with Crippen LogP contribution in [-0.2, 0) is 10.0 Å². The van der Waals surface area contributed by atoms with Crippen molar-refractivity contribution >= 4 is 33.8 Å². The number of ether oxygens (including phenoxy) is 1. The number of nitrogens with zero attached hydrogens (tertiary/aromatic N) is 1. The standard InChI is InChI=1S/C29H25N3O5S/c1-20-3-9-24(10-4-20)29(34)37-26-15-7-22(8-16-26)19-30-31-28(33)23-11-13-25(14-12-23)32-38(35,36)27-17-5-21(2)6-18-27/h3-19,32H,1-2H3,(H,31,33)/b30-19-. The molecule has 9 heteroatoms. The summed E-state index contributed by atoms with van der Waals surface area (Å²) in [6.07, 6.45) is 1.45. The van der Waals surface area contributed by atoms with Gasteiger partial charge in [0.15, 0.2) is 0 Å². The van der Waals surface area contributed by atoms with Crippen molar-refractivity contribution in [3.63, 3.8) is 0 Å². The maximum atomic E-state index is 12.5. The summed E-state index contributed by atoms with van der Waals surface area (Å²) < 4.78 is 32.9. The maximum absolute atomic E-state index is 12.5. The molecule has 0 saturated heterocycles. The van der Waals surface area contributed by atoms with Crippen LogP contribution >= 0.6 is 0 Å². The van der Waals surface area contributed by atoms with Crippen molar-refractivity contribution in [2.24, 2.45) is 5.10 Å². The summed E-state index contributed by atoms with van der Waals surface area (Å²) >= 11 is 0. The number of amides is 1. The summed E-state index contributed by atoms with van der Waals surface area (Å²) in [4.78, 5) is 24.8. The minimum Gasteiger partial charge on any atom is -0.423 e. The first-order valence-electron chi connectivity index (χ1n) is 11.6. The summed E-state index contributed by atoms with van der Waals surface area (Å²) in [5.74, 6) is -0.527. The van der Waals surface area contributed by atoms with Crippen LogP contribution in [0.25, 0.3) is 0 Å². The molecule has 0 aliphatic carbocycles. The van der Waals surface area contributed by atoms with Gasteiger partial charge in [-0.2, -0.15) is 5.10 Å². The van der Waals surface area contributed by atoms with Crippen LogP contribution in [0.1, 0.15) is 37.4 Å². The molecule has 8 nitrogen and oxygen atoms in total. The van der Waals surface area contributed by atoms with Crippen LogP contribution in [0.15, 0.2) is 107 Å². The van der Waals surface area contributed by atoms with Gasteiger partial charge in [0.25, 0.3) is 15.9 Å². The number of anilines is 1. The number of rotatable bonds is 8. The number of carbonyl (C=O) groups excluding carboxylic acids is 2. The van der Waals surface area contributed by atoms with Crippen molar-refractivity contribution < 1.29 is 22.7 Å². The summed E-state index contributed by atoms with van der Waals surface area (Å²) in [6, 6.07) is 26.2. The molecule has 0 radical (unpaired) electrons. The second-order valence-corrected chi connectivity index (χ2v) is 10.2. The molecule has 0 fully saturated rings. The van der Waals surface area contributed by atoms with Crippen molar-refractivity contribution in [2.45, 2.75) is 18.7 Å². The lowest BCUT2D eigenvalue weighted by Crippen LogP contribution is -2.18. The molecule has 0 aliphatic rings. The monoisotopic (exact) mass is 527 g/mol. The van der Waals surface area contributed by atoms with Gasteiger partial charge in [0, 0.05) is 11.3 Å². The van der Waals surface area contributed by atoms with Gasteiger partial charge in [-0.1, -0.05) is 35.4 Å². The van der Waals surface area contributed by atoms with E-state index in [0.717, 1.165) is 11.1 Å². The Morgan fingerprint density at radius 1 is 0.737 bits per heavy atom. The normalized spacial score (nSPS) is 11.2. The number of esters is 1. The van der Waals surface area contributed by atoms with E-state index in [4.69, 9.17) is 4.74 Å². The fourth-order valence-electron chi connectivity index (χ4n) is 3.33. The van der Waals surface area contributed by atoms with Crippen molar-refractivity contribution in [3.05, 3.63) is 125 Å². The molecule has 192 valence electrons. The third-order valence-electron chi connectivity index (χ3n) is 5.49. The number of nitrogens with one attached hydrogen (secondary N) is 2. The number of hydrogen-bond acceptors (Lipinski definition) is 6. The Morgan fingerprint density at radius 2 is 1.29 bits per heavy atom. The largest absolute Gasteiger partial charge is 0.423 e. The van der Waals surface area contributed by atoms with Crippen LogP contribution in [0.2, 0.25) is 0 Å². The first kappa shape index (κ1) is 26.3. The third-order valence-corrected chi connectivity index (χ3v) is 6.89. The highest BCUT2D eigenvalue weighted by Crippen LogP contribution is 2.18. The second-order valence-electron chi connectivity index (χ2n) is 8.52. The summed E-state index contributed by atoms with van der Waals surface area (Å²) in [7, 11) is -3.74. The zero-order chi connectivity index (χ0) is 27.1. The molecule has 0 unspecified atom stereocenters. The number of aryl methyl sites for hydroxylation is 2. The van der Waals surface area contributed by atoms with Crippen LogP contribution < -0.4 is 14.9 Å². The van der Waals surface area contributed by atoms with Gasteiger partial charge in [-0.3, -0.25) is 9.52 Å². The molecule has 1 amide bonds. The maximum Gasteiger partial charge on any atom is 0.343 e. The van der Waals surface area contributed by atoms with E-state index < -0.39 is 21.9 Å². The molecule has 0 atom stereocenters. The van der Waals surface area contributed by atoms with E-state index in [9.17, 15) is 18.0 Å². The molecule has 4 aromatic carbocycles. The first-order chi connectivity index (χ1) is 18.2. The Balaban J connectivity index is 1.30. The fourth-order valence-corrected chi connectivity index (χ4v) is 4.39. The minimum absolute atomic E-state index is 0.150. The van der Waals surface area contributed by atoms with E-state index in [-0.39, 0.29) is 4.90 Å². The SMILES string of the molecule is Cc1ccc(C(=O)Oc2ccc(/C=N\NC(=O)c3ccc(NS(=O)(=O)c4ccc(C)cc4)cc3)cc2)cc1. The number of benzene rings is 4. The quantitative estimate of drug-likeness (QED) is 0.143. The predicted molar refractivity (Wildman–Crippen MR) is 146 cm³/mol. The van der Waals surface area contributed by atoms with Gasteiger partial charge in [0.1, 0.15) is 5.75 Å². The van der Waals surface area contributed by atoms with E-state index >= 15 is 0 Å². The summed E-state index contributed by atoms with van der Waals surface area (Å²) in [5.41, 5.74) is 6.21. The molecule has 0 aliphatic heterocycles. The summed E-state index contributed by atoms with van der Waals surface area (Å²) in [5, 5.41) is 3.95. The summed E-state index contributed by atoms with van der Waals surface area (Å²) in [6.45, 7) is 3.81. The van der Waals surface area contributed by atoms with Gasteiger partial charge in [-0.15, -0.1) is 0 Å². The minimum atomic E-state index is -3.74.